The van der Waals surface area contributed by atoms with Gasteiger partial charge in [0, 0.05) is 24.9 Å². The summed E-state index contributed by atoms with van der Waals surface area (Å²) in [7, 11) is 4.94. The Hall–Kier alpha value is -2.94. The van der Waals surface area contributed by atoms with Crippen LogP contribution in [-0.4, -0.2) is 61.3 Å². The predicted molar refractivity (Wildman–Crippen MR) is 124 cm³/mol. The molecule has 1 unspecified atom stereocenters. The lowest BCUT2D eigenvalue weighted by Gasteiger charge is -2.37. The number of thioether (sulfide) groups is 1. The molecule has 2 aliphatic heterocycles. The lowest BCUT2D eigenvalue weighted by Crippen LogP contribution is -2.38. The molecule has 1 amide bonds. The number of carbonyl (C=O) groups excluding carboxylic acids is 2. The Morgan fingerprint density at radius 2 is 1.97 bits per heavy atom. The predicted octanol–water partition coefficient (Wildman–Crippen LogP) is 3.71. The second-order valence-corrected chi connectivity index (χ2v) is 8.14. The highest BCUT2D eigenvalue weighted by Gasteiger charge is 2.42. The molecule has 3 rings (SSSR count). The second-order valence-electron chi connectivity index (χ2n) is 7.31. The van der Waals surface area contributed by atoms with Crippen LogP contribution in [0.1, 0.15) is 38.8 Å². The first kappa shape index (κ1) is 23.7. The first-order valence-electron chi connectivity index (χ1n) is 10.4. The Labute approximate surface area is 192 Å². The summed E-state index contributed by atoms with van der Waals surface area (Å²) in [6.45, 7) is 6.34. The van der Waals surface area contributed by atoms with E-state index in [0.29, 0.717) is 34.5 Å². The van der Waals surface area contributed by atoms with Crippen LogP contribution in [-0.2, 0) is 14.3 Å². The SMILES string of the molecule is CCOC(=O)C1=C(C)N=C2SC=C(CC(=O)N(C)CC)N2C1c1cc(OC)ccc1OC. The van der Waals surface area contributed by atoms with E-state index in [9.17, 15) is 9.59 Å². The summed E-state index contributed by atoms with van der Waals surface area (Å²) in [5, 5.41) is 2.62. The summed E-state index contributed by atoms with van der Waals surface area (Å²) in [6, 6.07) is 4.88. The fourth-order valence-electron chi connectivity index (χ4n) is 3.65. The van der Waals surface area contributed by atoms with E-state index in [0.717, 1.165) is 11.3 Å². The molecule has 0 bridgehead atoms. The number of ether oxygens (including phenoxy) is 3. The molecule has 0 fully saturated rings. The van der Waals surface area contributed by atoms with Crippen molar-refractivity contribution in [1.29, 1.82) is 0 Å². The number of carbonyl (C=O) groups is 2. The third-order valence-corrected chi connectivity index (χ3v) is 6.35. The quantitative estimate of drug-likeness (QED) is 0.548. The zero-order valence-corrected chi connectivity index (χ0v) is 20.1. The number of amides is 1. The number of amidine groups is 1. The molecule has 0 saturated carbocycles. The largest absolute Gasteiger partial charge is 0.497 e. The van der Waals surface area contributed by atoms with Crippen LogP contribution >= 0.6 is 11.8 Å². The van der Waals surface area contributed by atoms with Crippen LogP contribution in [0.25, 0.3) is 0 Å². The average Bonchev–Trinajstić information content (AvgIpc) is 3.18. The van der Waals surface area contributed by atoms with Crippen LogP contribution in [0.5, 0.6) is 11.5 Å². The summed E-state index contributed by atoms with van der Waals surface area (Å²) in [5.74, 6) is 0.765. The summed E-state index contributed by atoms with van der Waals surface area (Å²) in [4.78, 5) is 34.0. The molecule has 0 aromatic heterocycles. The highest BCUT2D eigenvalue weighted by atomic mass is 32.2. The first-order valence-corrected chi connectivity index (χ1v) is 11.3. The topological polar surface area (TPSA) is 80.7 Å². The second kappa shape index (κ2) is 10.1. The van der Waals surface area contributed by atoms with E-state index in [4.69, 9.17) is 14.2 Å². The number of nitrogens with zero attached hydrogens (tertiary/aromatic N) is 3. The Morgan fingerprint density at radius 3 is 2.59 bits per heavy atom. The minimum atomic E-state index is -0.576. The molecule has 1 atom stereocenters. The highest BCUT2D eigenvalue weighted by Crippen LogP contribution is 2.47. The van der Waals surface area contributed by atoms with Gasteiger partial charge in [-0.15, -0.1) is 0 Å². The number of methoxy groups -OCH3 is 2. The fraction of sp³-hybridized carbons (Fsp3) is 0.435. The maximum atomic E-state index is 13.1. The molecule has 8 nitrogen and oxygen atoms in total. The molecule has 0 aliphatic carbocycles. The normalized spacial score (nSPS) is 17.4. The Kier molecular flexibility index (Phi) is 7.50. The van der Waals surface area contributed by atoms with E-state index in [1.807, 2.05) is 23.3 Å². The minimum Gasteiger partial charge on any atom is -0.497 e. The van der Waals surface area contributed by atoms with Gasteiger partial charge in [-0.1, -0.05) is 11.8 Å². The van der Waals surface area contributed by atoms with Crippen molar-refractivity contribution in [3.05, 3.63) is 46.1 Å². The molecule has 32 heavy (non-hydrogen) atoms. The van der Waals surface area contributed by atoms with Crippen LogP contribution in [0.3, 0.4) is 0 Å². The van der Waals surface area contributed by atoms with Crippen molar-refractivity contribution in [2.45, 2.75) is 33.2 Å². The number of allylic oxidation sites excluding steroid dienone is 1. The van der Waals surface area contributed by atoms with E-state index in [-0.39, 0.29) is 18.9 Å². The van der Waals surface area contributed by atoms with Crippen molar-refractivity contribution in [2.24, 2.45) is 4.99 Å². The summed E-state index contributed by atoms with van der Waals surface area (Å²) < 4.78 is 16.5. The lowest BCUT2D eigenvalue weighted by atomic mass is 9.92. The third kappa shape index (κ3) is 4.48. The molecule has 9 heteroatoms. The van der Waals surface area contributed by atoms with Crippen LogP contribution in [0.15, 0.2) is 45.6 Å². The molecule has 2 heterocycles. The van der Waals surface area contributed by atoms with Crippen LogP contribution in [0.4, 0.5) is 0 Å². The van der Waals surface area contributed by atoms with Crippen molar-refractivity contribution in [3.8, 4) is 11.5 Å². The number of hydrogen-bond donors (Lipinski definition) is 0. The monoisotopic (exact) mass is 459 g/mol. The van der Waals surface area contributed by atoms with E-state index >= 15 is 0 Å². The zero-order valence-electron chi connectivity index (χ0n) is 19.3. The van der Waals surface area contributed by atoms with Crippen LogP contribution < -0.4 is 9.47 Å². The first-order chi connectivity index (χ1) is 15.4. The maximum Gasteiger partial charge on any atom is 0.338 e. The number of benzene rings is 1. The fourth-order valence-corrected chi connectivity index (χ4v) is 4.62. The van der Waals surface area contributed by atoms with Gasteiger partial charge in [-0.05, 0) is 44.4 Å². The molecule has 0 N–H and O–H groups in total. The standard InChI is InChI=1S/C23H29N3O5S/c1-7-25(4)19(27)11-15-13-32-23-24-14(3)20(22(28)31-8-2)21(26(15)23)17-12-16(29-5)9-10-18(17)30-6/h9-10,12-13,21H,7-8,11H2,1-6H3. The van der Waals surface area contributed by atoms with E-state index in [1.165, 1.54) is 11.8 Å². The van der Waals surface area contributed by atoms with E-state index < -0.39 is 12.0 Å². The number of fused-ring (bicyclic) bond motifs is 1. The molecule has 1 aromatic rings. The Balaban J connectivity index is 2.15. The molecule has 2 aliphatic rings. The smallest absolute Gasteiger partial charge is 0.338 e. The van der Waals surface area contributed by atoms with Crippen molar-refractivity contribution in [1.82, 2.24) is 9.80 Å². The van der Waals surface area contributed by atoms with Crippen LogP contribution in [0.2, 0.25) is 0 Å². The van der Waals surface area contributed by atoms with Gasteiger partial charge in [-0.2, -0.15) is 0 Å². The average molecular weight is 460 g/mol. The summed E-state index contributed by atoms with van der Waals surface area (Å²) in [6.07, 6.45) is 0.189. The van der Waals surface area contributed by atoms with Gasteiger partial charge in [0.15, 0.2) is 5.17 Å². The molecular weight excluding hydrogens is 430 g/mol. The van der Waals surface area contributed by atoms with Gasteiger partial charge in [0.25, 0.3) is 0 Å². The third-order valence-electron chi connectivity index (χ3n) is 5.46. The molecule has 172 valence electrons. The van der Waals surface area contributed by atoms with Gasteiger partial charge >= 0.3 is 5.97 Å². The number of rotatable bonds is 8. The molecule has 0 saturated heterocycles. The van der Waals surface area contributed by atoms with E-state index in [2.05, 4.69) is 4.99 Å². The molecule has 0 radical (unpaired) electrons. The number of aliphatic imine (C=N–C) groups is 1. The zero-order chi connectivity index (χ0) is 23.4. The van der Waals surface area contributed by atoms with Gasteiger partial charge < -0.3 is 24.0 Å². The maximum absolute atomic E-state index is 13.1. The number of hydrogen-bond acceptors (Lipinski definition) is 8. The van der Waals surface area contributed by atoms with Gasteiger partial charge in [0.05, 0.1) is 44.6 Å². The van der Waals surface area contributed by atoms with Gasteiger partial charge in [0.1, 0.15) is 11.5 Å². The van der Waals surface area contributed by atoms with Gasteiger partial charge in [0.2, 0.25) is 5.91 Å². The van der Waals surface area contributed by atoms with Crippen molar-refractivity contribution in [3.63, 3.8) is 0 Å². The van der Waals surface area contributed by atoms with Gasteiger partial charge in [-0.3, -0.25) is 4.79 Å². The Bertz CT molecular complexity index is 1000. The van der Waals surface area contributed by atoms with E-state index in [1.54, 1.807) is 52.1 Å². The summed E-state index contributed by atoms with van der Waals surface area (Å²) in [5.41, 5.74) is 2.48. The van der Waals surface area contributed by atoms with Gasteiger partial charge in [-0.25, -0.2) is 9.79 Å². The highest BCUT2D eigenvalue weighted by molar-refractivity contribution is 8.16. The molecule has 0 spiro atoms. The Morgan fingerprint density at radius 1 is 1.22 bits per heavy atom. The van der Waals surface area contributed by atoms with Crippen molar-refractivity contribution >= 4 is 28.8 Å². The minimum absolute atomic E-state index is 0.0130. The van der Waals surface area contributed by atoms with Crippen molar-refractivity contribution < 1.29 is 23.8 Å². The van der Waals surface area contributed by atoms with Crippen LogP contribution in [0, 0.1) is 0 Å². The van der Waals surface area contributed by atoms with Crippen molar-refractivity contribution in [2.75, 3.05) is 34.4 Å². The molecular formula is C23H29N3O5S. The number of esters is 1. The molecule has 1 aromatic carbocycles. The summed E-state index contributed by atoms with van der Waals surface area (Å²) >= 11 is 1.43. The lowest BCUT2D eigenvalue weighted by molar-refractivity contribution is -0.139.